The molecule has 5 N–H and O–H groups in total. The van der Waals surface area contributed by atoms with Crippen molar-refractivity contribution in [2.45, 2.75) is 12.5 Å². The third-order valence-corrected chi connectivity index (χ3v) is 2.19. The summed E-state index contributed by atoms with van der Waals surface area (Å²) in [5.74, 6) is -4.25. The second-order valence-electron chi connectivity index (χ2n) is 3.78. The first-order valence-electron chi connectivity index (χ1n) is 5.33. The van der Waals surface area contributed by atoms with Gasteiger partial charge in [0, 0.05) is 6.07 Å². The van der Waals surface area contributed by atoms with Gasteiger partial charge in [0.1, 0.15) is 17.7 Å². The lowest BCUT2D eigenvalue weighted by Gasteiger charge is -2.13. The van der Waals surface area contributed by atoms with E-state index >= 15 is 0 Å². The monoisotopic (exact) mass is 287 g/mol. The number of hydrogen-bond donors (Lipinski definition) is 4. The van der Waals surface area contributed by atoms with Crippen molar-refractivity contribution >= 4 is 23.6 Å². The summed E-state index contributed by atoms with van der Waals surface area (Å²) in [5.41, 5.74) is 4.48. The second-order valence-corrected chi connectivity index (χ2v) is 3.78. The summed E-state index contributed by atoms with van der Waals surface area (Å²) in [6.45, 7) is 0. The van der Waals surface area contributed by atoms with Gasteiger partial charge in [0.2, 0.25) is 5.91 Å². The summed E-state index contributed by atoms with van der Waals surface area (Å²) in [5, 5.41) is 12.7. The van der Waals surface area contributed by atoms with Gasteiger partial charge >= 0.3 is 12.0 Å². The van der Waals surface area contributed by atoms with Crippen LogP contribution < -0.4 is 16.4 Å². The molecule has 0 bridgehead atoms. The molecule has 9 heteroatoms. The van der Waals surface area contributed by atoms with Crippen LogP contribution >= 0.6 is 0 Å². The molecule has 0 heterocycles. The number of hydrogen-bond acceptors (Lipinski definition) is 3. The zero-order valence-corrected chi connectivity index (χ0v) is 10.0. The smallest absolute Gasteiger partial charge is 0.326 e. The maximum Gasteiger partial charge on any atom is 0.326 e. The van der Waals surface area contributed by atoms with Gasteiger partial charge in [-0.3, -0.25) is 4.79 Å². The van der Waals surface area contributed by atoms with Gasteiger partial charge in [-0.05, 0) is 12.1 Å². The Hall–Kier alpha value is -2.71. The number of anilines is 1. The van der Waals surface area contributed by atoms with Crippen LogP contribution in [-0.2, 0) is 9.59 Å². The van der Waals surface area contributed by atoms with Gasteiger partial charge in [-0.25, -0.2) is 18.4 Å². The number of nitrogens with one attached hydrogen (secondary N) is 2. The molecule has 1 rings (SSSR count). The first-order chi connectivity index (χ1) is 9.29. The molecule has 1 aromatic rings. The molecule has 1 aromatic carbocycles. The zero-order chi connectivity index (χ0) is 15.3. The molecule has 20 heavy (non-hydrogen) atoms. The van der Waals surface area contributed by atoms with E-state index in [1.165, 1.54) is 0 Å². The van der Waals surface area contributed by atoms with Crippen molar-refractivity contribution in [1.82, 2.24) is 5.32 Å². The summed E-state index contributed by atoms with van der Waals surface area (Å²) in [4.78, 5) is 32.8. The van der Waals surface area contributed by atoms with Gasteiger partial charge in [0.25, 0.3) is 0 Å². The number of halogens is 2. The zero-order valence-electron chi connectivity index (χ0n) is 10.0. The molecular formula is C11H11F2N3O4. The fourth-order valence-electron chi connectivity index (χ4n) is 1.31. The van der Waals surface area contributed by atoms with Gasteiger partial charge in [-0.15, -0.1) is 0 Å². The average molecular weight is 287 g/mol. The van der Waals surface area contributed by atoms with Crippen LogP contribution in [-0.4, -0.2) is 29.1 Å². The minimum absolute atomic E-state index is 0.341. The highest BCUT2D eigenvalue weighted by molar-refractivity contribution is 5.93. The molecule has 3 amide bonds. The van der Waals surface area contributed by atoms with E-state index < -0.39 is 42.0 Å². The van der Waals surface area contributed by atoms with E-state index in [1.807, 2.05) is 10.6 Å². The molecule has 0 unspecified atom stereocenters. The van der Waals surface area contributed by atoms with Gasteiger partial charge in [-0.1, -0.05) is 0 Å². The van der Waals surface area contributed by atoms with Crippen molar-refractivity contribution in [2.75, 3.05) is 5.32 Å². The van der Waals surface area contributed by atoms with Crippen LogP contribution in [0.5, 0.6) is 0 Å². The number of amides is 3. The molecule has 0 fully saturated rings. The molecule has 0 aromatic heterocycles. The summed E-state index contributed by atoms with van der Waals surface area (Å²) < 4.78 is 25.9. The lowest BCUT2D eigenvalue weighted by Crippen LogP contribution is -2.45. The highest BCUT2D eigenvalue weighted by Gasteiger charge is 2.22. The molecule has 108 valence electrons. The molecule has 0 aliphatic rings. The Balaban J connectivity index is 2.70. The summed E-state index contributed by atoms with van der Waals surface area (Å²) in [6.07, 6.45) is -0.616. The van der Waals surface area contributed by atoms with E-state index in [2.05, 4.69) is 0 Å². The fraction of sp³-hybridized carbons (Fsp3) is 0.182. The Morgan fingerprint density at radius 3 is 2.45 bits per heavy atom. The molecule has 0 radical (unpaired) electrons. The number of carboxylic acid groups (broad SMARTS) is 1. The number of urea groups is 1. The minimum atomic E-state index is -1.55. The second kappa shape index (κ2) is 6.45. The van der Waals surface area contributed by atoms with Crippen molar-refractivity contribution in [3.05, 3.63) is 29.8 Å². The average Bonchev–Trinajstić information content (AvgIpc) is 2.31. The topological polar surface area (TPSA) is 122 Å². The van der Waals surface area contributed by atoms with Crippen LogP contribution in [0.1, 0.15) is 6.42 Å². The van der Waals surface area contributed by atoms with Crippen molar-refractivity contribution in [3.8, 4) is 0 Å². The van der Waals surface area contributed by atoms with E-state index in [9.17, 15) is 23.2 Å². The van der Waals surface area contributed by atoms with Gasteiger partial charge in [-0.2, -0.15) is 0 Å². The molecule has 0 aliphatic heterocycles. The predicted molar refractivity (Wildman–Crippen MR) is 63.7 cm³/mol. The van der Waals surface area contributed by atoms with E-state index in [4.69, 9.17) is 10.8 Å². The lowest BCUT2D eigenvalue weighted by atomic mass is 10.2. The van der Waals surface area contributed by atoms with E-state index in [-0.39, 0.29) is 5.69 Å². The summed E-state index contributed by atoms with van der Waals surface area (Å²) in [6, 6.07) is -0.182. The van der Waals surface area contributed by atoms with Crippen molar-refractivity contribution < 1.29 is 28.3 Å². The quantitative estimate of drug-likeness (QED) is 0.626. The molecule has 0 spiro atoms. The molecule has 7 nitrogen and oxygen atoms in total. The molecular weight excluding hydrogens is 276 g/mol. The van der Waals surface area contributed by atoms with E-state index in [0.29, 0.717) is 6.07 Å². The molecule has 0 saturated carbocycles. The molecule has 1 atom stereocenters. The van der Waals surface area contributed by atoms with E-state index in [1.54, 1.807) is 0 Å². The minimum Gasteiger partial charge on any atom is -0.480 e. The Kier molecular flexibility index (Phi) is 4.95. The highest BCUT2D eigenvalue weighted by atomic mass is 19.1. The number of aliphatic carboxylic acids is 1. The van der Waals surface area contributed by atoms with Crippen molar-refractivity contribution in [1.29, 1.82) is 0 Å². The van der Waals surface area contributed by atoms with Crippen LogP contribution in [0.4, 0.5) is 19.3 Å². The number of primary amides is 1. The predicted octanol–water partition coefficient (Wildman–Crippen LogP) is 0.415. The maximum absolute atomic E-state index is 13.2. The lowest BCUT2D eigenvalue weighted by molar-refractivity contribution is -0.140. The van der Waals surface area contributed by atoms with Crippen molar-refractivity contribution in [3.63, 3.8) is 0 Å². The van der Waals surface area contributed by atoms with Gasteiger partial charge in [0.05, 0.1) is 12.1 Å². The molecule has 0 aliphatic carbocycles. The van der Waals surface area contributed by atoms with Crippen LogP contribution in [0.25, 0.3) is 0 Å². The number of carbonyl (C=O) groups excluding carboxylic acids is 2. The summed E-state index contributed by atoms with van der Waals surface area (Å²) in [7, 11) is 0. The number of carbonyl (C=O) groups is 3. The molecule has 0 saturated heterocycles. The van der Waals surface area contributed by atoms with Crippen LogP contribution in [0, 0.1) is 11.6 Å². The third kappa shape index (κ3) is 4.52. The van der Waals surface area contributed by atoms with Gasteiger partial charge < -0.3 is 21.5 Å². The standard InChI is InChI=1S/C11H11F2N3O4/c12-5-1-2-7(6(13)3-5)15-11(20)16-8(10(18)19)4-9(14)17/h1-3,8H,4H2,(H2,14,17)(H,18,19)(H2,15,16,20)/t8-/m1/s1. The fourth-order valence-corrected chi connectivity index (χ4v) is 1.31. The Labute approximate surface area is 111 Å². The third-order valence-electron chi connectivity index (χ3n) is 2.19. The van der Waals surface area contributed by atoms with E-state index in [0.717, 1.165) is 12.1 Å². The number of benzene rings is 1. The Morgan fingerprint density at radius 1 is 1.30 bits per heavy atom. The number of rotatable bonds is 5. The van der Waals surface area contributed by atoms with Gasteiger partial charge in [0.15, 0.2) is 0 Å². The normalized spacial score (nSPS) is 11.5. The summed E-state index contributed by atoms with van der Waals surface area (Å²) >= 11 is 0. The maximum atomic E-state index is 13.2. The number of carboxylic acids is 1. The van der Waals surface area contributed by atoms with Crippen LogP contribution in [0.15, 0.2) is 18.2 Å². The van der Waals surface area contributed by atoms with Crippen molar-refractivity contribution in [2.24, 2.45) is 5.73 Å². The van der Waals surface area contributed by atoms with Crippen LogP contribution in [0.2, 0.25) is 0 Å². The largest absolute Gasteiger partial charge is 0.480 e. The first kappa shape index (κ1) is 15.3. The number of nitrogens with two attached hydrogens (primary N) is 1. The highest BCUT2D eigenvalue weighted by Crippen LogP contribution is 2.14. The first-order valence-corrected chi connectivity index (χ1v) is 5.33. The Morgan fingerprint density at radius 2 is 1.95 bits per heavy atom. The SMILES string of the molecule is NC(=O)C[C@@H](NC(=O)Nc1ccc(F)cc1F)C(=O)O. The van der Waals surface area contributed by atoms with Crippen LogP contribution in [0.3, 0.4) is 0 Å². The Bertz CT molecular complexity index is 550.